The molecule has 0 aliphatic heterocycles. The first-order valence-electron chi connectivity index (χ1n) is 5.07. The molecule has 6 nitrogen and oxygen atoms in total. The van der Waals surface area contributed by atoms with Gasteiger partial charge in [-0.15, -0.1) is 5.10 Å². The quantitative estimate of drug-likeness (QED) is 0.822. The lowest BCUT2D eigenvalue weighted by atomic mass is 10.2. The number of hydrogen-bond acceptors (Lipinski definition) is 4. The van der Waals surface area contributed by atoms with Gasteiger partial charge in [-0.05, 0) is 24.3 Å². The molecule has 0 atom stereocenters. The van der Waals surface area contributed by atoms with E-state index in [0.29, 0.717) is 12.1 Å². The minimum absolute atomic E-state index is 0.0360. The SMILES string of the molecule is O=C(O)CCc1cn(-c2ccc(O)cc2)nn1. The fraction of sp³-hybridized carbons (Fsp3) is 0.182. The van der Waals surface area contributed by atoms with Crippen molar-refractivity contribution in [3.05, 3.63) is 36.2 Å². The molecule has 1 aromatic heterocycles. The Kier molecular flexibility index (Phi) is 3.04. The zero-order valence-electron chi connectivity index (χ0n) is 8.95. The van der Waals surface area contributed by atoms with Crippen LogP contribution in [0.4, 0.5) is 0 Å². The average Bonchev–Trinajstić information content (AvgIpc) is 2.76. The van der Waals surface area contributed by atoms with Crippen molar-refractivity contribution < 1.29 is 15.0 Å². The van der Waals surface area contributed by atoms with Gasteiger partial charge in [0.2, 0.25) is 0 Å². The molecule has 0 aliphatic carbocycles. The standard InChI is InChI=1S/C11H11N3O3/c15-10-4-2-9(3-5-10)14-7-8(12-13-14)1-6-11(16)17/h2-5,7,15H,1,6H2,(H,16,17). The Balaban J connectivity index is 2.12. The van der Waals surface area contributed by atoms with Crippen molar-refractivity contribution in [2.45, 2.75) is 12.8 Å². The molecular formula is C11H11N3O3. The Morgan fingerprint density at radius 2 is 2.00 bits per heavy atom. The molecule has 88 valence electrons. The van der Waals surface area contributed by atoms with Gasteiger partial charge in [0.1, 0.15) is 5.75 Å². The number of aryl methyl sites for hydroxylation is 1. The molecule has 0 radical (unpaired) electrons. The Labute approximate surface area is 97.1 Å². The van der Waals surface area contributed by atoms with Crippen LogP contribution in [0.1, 0.15) is 12.1 Å². The summed E-state index contributed by atoms with van der Waals surface area (Å²) < 4.78 is 1.54. The number of carboxylic acid groups (broad SMARTS) is 1. The Bertz CT molecular complexity index is 519. The van der Waals surface area contributed by atoms with Gasteiger partial charge in [-0.1, -0.05) is 5.21 Å². The van der Waals surface area contributed by atoms with Crippen LogP contribution in [0, 0.1) is 0 Å². The number of aromatic hydroxyl groups is 1. The van der Waals surface area contributed by atoms with E-state index in [2.05, 4.69) is 10.3 Å². The second kappa shape index (κ2) is 4.65. The van der Waals surface area contributed by atoms with Crippen LogP contribution in [0.25, 0.3) is 5.69 Å². The highest BCUT2D eigenvalue weighted by atomic mass is 16.4. The summed E-state index contributed by atoms with van der Waals surface area (Å²) in [5.41, 5.74) is 1.39. The fourth-order valence-electron chi connectivity index (χ4n) is 1.38. The van der Waals surface area contributed by atoms with Crippen LogP contribution in [-0.4, -0.2) is 31.2 Å². The third-order valence-corrected chi connectivity index (χ3v) is 2.25. The first kappa shape index (κ1) is 11.1. The van der Waals surface area contributed by atoms with Crippen molar-refractivity contribution in [3.8, 4) is 11.4 Å². The van der Waals surface area contributed by atoms with Crippen LogP contribution in [0.15, 0.2) is 30.5 Å². The van der Waals surface area contributed by atoms with E-state index in [1.54, 1.807) is 30.5 Å². The van der Waals surface area contributed by atoms with E-state index >= 15 is 0 Å². The normalized spacial score (nSPS) is 10.4. The lowest BCUT2D eigenvalue weighted by molar-refractivity contribution is -0.136. The Morgan fingerprint density at radius 3 is 2.65 bits per heavy atom. The largest absolute Gasteiger partial charge is 0.508 e. The van der Waals surface area contributed by atoms with E-state index in [0.717, 1.165) is 5.69 Å². The highest BCUT2D eigenvalue weighted by Gasteiger charge is 2.05. The minimum Gasteiger partial charge on any atom is -0.508 e. The van der Waals surface area contributed by atoms with Crippen LogP contribution in [0.5, 0.6) is 5.75 Å². The summed E-state index contributed by atoms with van der Waals surface area (Å²) >= 11 is 0. The second-order valence-corrected chi connectivity index (χ2v) is 3.56. The number of carboxylic acids is 1. The second-order valence-electron chi connectivity index (χ2n) is 3.56. The first-order valence-corrected chi connectivity index (χ1v) is 5.07. The van der Waals surface area contributed by atoms with Gasteiger partial charge in [-0.3, -0.25) is 4.79 Å². The third-order valence-electron chi connectivity index (χ3n) is 2.25. The highest BCUT2D eigenvalue weighted by molar-refractivity contribution is 5.66. The van der Waals surface area contributed by atoms with Crippen molar-refractivity contribution in [2.75, 3.05) is 0 Å². The minimum atomic E-state index is -0.857. The molecule has 0 saturated heterocycles. The Hall–Kier alpha value is -2.37. The van der Waals surface area contributed by atoms with E-state index in [4.69, 9.17) is 10.2 Å². The van der Waals surface area contributed by atoms with Gasteiger partial charge < -0.3 is 10.2 Å². The van der Waals surface area contributed by atoms with Crippen LogP contribution >= 0.6 is 0 Å². The lowest BCUT2D eigenvalue weighted by Gasteiger charge is -1.98. The molecular weight excluding hydrogens is 222 g/mol. The van der Waals surface area contributed by atoms with Gasteiger partial charge in [0.05, 0.1) is 24.0 Å². The van der Waals surface area contributed by atoms with E-state index in [1.165, 1.54) is 4.68 Å². The highest BCUT2D eigenvalue weighted by Crippen LogP contribution is 2.13. The molecule has 0 spiro atoms. The van der Waals surface area contributed by atoms with Crippen molar-refractivity contribution in [1.29, 1.82) is 0 Å². The molecule has 0 unspecified atom stereocenters. The molecule has 17 heavy (non-hydrogen) atoms. The summed E-state index contributed by atoms with van der Waals surface area (Å²) in [4.78, 5) is 10.4. The summed E-state index contributed by atoms with van der Waals surface area (Å²) in [6.07, 6.45) is 2.07. The molecule has 0 bridgehead atoms. The van der Waals surface area contributed by atoms with Gasteiger partial charge in [0.15, 0.2) is 0 Å². The lowest BCUT2D eigenvalue weighted by Crippen LogP contribution is -1.97. The van der Waals surface area contributed by atoms with Gasteiger partial charge in [-0.2, -0.15) is 0 Å². The van der Waals surface area contributed by atoms with E-state index in [1.807, 2.05) is 0 Å². The van der Waals surface area contributed by atoms with Crippen LogP contribution in [0.3, 0.4) is 0 Å². The fourth-order valence-corrected chi connectivity index (χ4v) is 1.38. The number of phenolic OH excluding ortho intramolecular Hbond substituents is 1. The maximum absolute atomic E-state index is 10.4. The zero-order chi connectivity index (χ0) is 12.3. The van der Waals surface area contributed by atoms with Gasteiger partial charge in [-0.25, -0.2) is 4.68 Å². The summed E-state index contributed by atoms with van der Waals surface area (Å²) in [5, 5.41) is 25.5. The predicted molar refractivity (Wildman–Crippen MR) is 59.0 cm³/mol. The molecule has 2 N–H and O–H groups in total. The molecule has 0 aliphatic rings. The van der Waals surface area contributed by atoms with Crippen molar-refractivity contribution >= 4 is 5.97 Å². The molecule has 0 saturated carbocycles. The number of phenols is 1. The van der Waals surface area contributed by atoms with Gasteiger partial charge in [0.25, 0.3) is 0 Å². The summed E-state index contributed by atoms with van der Waals surface area (Å²) in [6.45, 7) is 0. The average molecular weight is 233 g/mol. The molecule has 2 rings (SSSR count). The summed E-state index contributed by atoms with van der Waals surface area (Å²) in [5.74, 6) is -0.677. The maximum Gasteiger partial charge on any atom is 0.303 e. The van der Waals surface area contributed by atoms with E-state index in [9.17, 15) is 4.79 Å². The van der Waals surface area contributed by atoms with Crippen molar-refractivity contribution in [1.82, 2.24) is 15.0 Å². The number of hydrogen-bond donors (Lipinski definition) is 2. The number of nitrogens with zero attached hydrogens (tertiary/aromatic N) is 3. The number of rotatable bonds is 4. The van der Waals surface area contributed by atoms with Crippen molar-refractivity contribution in [3.63, 3.8) is 0 Å². The Morgan fingerprint density at radius 1 is 1.29 bits per heavy atom. The molecule has 6 heteroatoms. The van der Waals surface area contributed by atoms with Crippen LogP contribution in [0.2, 0.25) is 0 Å². The molecule has 0 fully saturated rings. The van der Waals surface area contributed by atoms with Gasteiger partial charge in [0, 0.05) is 6.42 Å². The maximum atomic E-state index is 10.4. The topological polar surface area (TPSA) is 88.2 Å². The number of aromatic nitrogens is 3. The third kappa shape index (κ3) is 2.81. The summed E-state index contributed by atoms with van der Waals surface area (Å²) in [7, 11) is 0. The first-order chi connectivity index (χ1) is 8.15. The zero-order valence-corrected chi connectivity index (χ0v) is 8.95. The molecule has 2 aromatic rings. The van der Waals surface area contributed by atoms with Crippen LogP contribution < -0.4 is 0 Å². The van der Waals surface area contributed by atoms with E-state index < -0.39 is 5.97 Å². The smallest absolute Gasteiger partial charge is 0.303 e. The van der Waals surface area contributed by atoms with Crippen LogP contribution in [-0.2, 0) is 11.2 Å². The number of carbonyl (C=O) groups is 1. The molecule has 0 amide bonds. The number of benzene rings is 1. The van der Waals surface area contributed by atoms with Gasteiger partial charge >= 0.3 is 5.97 Å². The summed E-state index contributed by atoms with van der Waals surface area (Å²) in [6, 6.07) is 6.50. The van der Waals surface area contributed by atoms with Crippen molar-refractivity contribution in [2.24, 2.45) is 0 Å². The predicted octanol–water partition coefficient (Wildman–Crippen LogP) is 0.990. The molecule has 1 heterocycles. The number of aliphatic carboxylic acids is 1. The monoisotopic (exact) mass is 233 g/mol. The van der Waals surface area contributed by atoms with E-state index in [-0.39, 0.29) is 12.2 Å². The molecule has 1 aromatic carbocycles.